The zero-order valence-corrected chi connectivity index (χ0v) is 12.5. The Labute approximate surface area is 121 Å². The summed E-state index contributed by atoms with van der Waals surface area (Å²) in [5, 5.41) is 13.4. The fraction of sp³-hybridized carbons (Fsp3) is 0.462. The third kappa shape index (κ3) is 2.59. The highest BCUT2D eigenvalue weighted by Gasteiger charge is 2.11. The molecule has 0 aliphatic carbocycles. The predicted molar refractivity (Wildman–Crippen MR) is 78.9 cm³/mol. The Morgan fingerprint density at radius 3 is 3.05 bits per heavy atom. The van der Waals surface area contributed by atoms with Crippen molar-refractivity contribution in [3.8, 4) is 0 Å². The number of thiazole rings is 1. The average molecular weight is 290 g/mol. The number of aromatic nitrogens is 5. The van der Waals surface area contributed by atoms with Crippen molar-refractivity contribution in [1.29, 1.82) is 0 Å². The molecule has 7 heteroatoms. The quantitative estimate of drug-likeness (QED) is 0.703. The molecule has 3 aromatic rings. The predicted octanol–water partition coefficient (Wildman–Crippen LogP) is 1.78. The highest BCUT2D eigenvalue weighted by molar-refractivity contribution is 7.15. The van der Waals surface area contributed by atoms with Gasteiger partial charge in [0, 0.05) is 30.4 Å². The minimum atomic E-state index is 0.849. The van der Waals surface area contributed by atoms with Crippen LogP contribution in [-0.4, -0.2) is 30.9 Å². The van der Waals surface area contributed by atoms with Gasteiger partial charge >= 0.3 is 0 Å². The van der Waals surface area contributed by atoms with E-state index in [1.54, 1.807) is 17.5 Å². The van der Waals surface area contributed by atoms with E-state index in [4.69, 9.17) is 0 Å². The molecule has 1 N–H and O–H groups in total. The summed E-state index contributed by atoms with van der Waals surface area (Å²) in [5.74, 6) is 0. The van der Waals surface area contributed by atoms with Crippen LogP contribution in [0.25, 0.3) is 4.96 Å². The summed E-state index contributed by atoms with van der Waals surface area (Å²) in [6.07, 6.45) is 4.63. The standard InChI is InChI=1S/C13H18N6S/c1-10-9-20-13-16-11(2)12(19(10)13)8-14-4-3-6-18-7-5-15-17-18/h5,7,9,14H,3-4,6,8H2,1-2H3. The maximum atomic E-state index is 4.59. The number of imidazole rings is 1. The summed E-state index contributed by atoms with van der Waals surface area (Å²) in [6.45, 7) is 6.90. The molecule has 0 aliphatic rings. The number of hydrogen-bond donors (Lipinski definition) is 1. The maximum Gasteiger partial charge on any atom is 0.194 e. The third-order valence-electron chi connectivity index (χ3n) is 3.33. The molecule has 0 radical (unpaired) electrons. The average Bonchev–Trinajstić information content (AvgIpc) is 3.11. The van der Waals surface area contributed by atoms with Crippen molar-refractivity contribution in [3.63, 3.8) is 0 Å². The van der Waals surface area contributed by atoms with Crippen molar-refractivity contribution in [1.82, 2.24) is 29.7 Å². The van der Waals surface area contributed by atoms with E-state index < -0.39 is 0 Å². The van der Waals surface area contributed by atoms with Crippen LogP contribution in [0.4, 0.5) is 0 Å². The summed E-state index contributed by atoms with van der Waals surface area (Å²) in [6, 6.07) is 0. The first-order valence-electron chi connectivity index (χ1n) is 6.72. The Bertz CT molecular complexity index is 681. The van der Waals surface area contributed by atoms with E-state index in [2.05, 4.69) is 44.2 Å². The first kappa shape index (κ1) is 13.3. The summed E-state index contributed by atoms with van der Waals surface area (Å²) in [7, 11) is 0. The Hall–Kier alpha value is -1.73. The van der Waals surface area contributed by atoms with Gasteiger partial charge in [-0.25, -0.2) is 4.98 Å². The van der Waals surface area contributed by atoms with Crippen molar-refractivity contribution in [2.24, 2.45) is 0 Å². The highest BCUT2D eigenvalue weighted by atomic mass is 32.1. The smallest absolute Gasteiger partial charge is 0.194 e. The van der Waals surface area contributed by atoms with Crippen LogP contribution in [0, 0.1) is 13.8 Å². The second-order valence-corrected chi connectivity index (χ2v) is 5.67. The van der Waals surface area contributed by atoms with E-state index >= 15 is 0 Å². The van der Waals surface area contributed by atoms with E-state index in [9.17, 15) is 0 Å². The lowest BCUT2D eigenvalue weighted by Gasteiger charge is -2.06. The molecule has 0 fully saturated rings. The lowest BCUT2D eigenvalue weighted by Crippen LogP contribution is -2.18. The molecule has 6 nitrogen and oxygen atoms in total. The van der Waals surface area contributed by atoms with Crippen LogP contribution in [0.3, 0.4) is 0 Å². The monoisotopic (exact) mass is 290 g/mol. The second kappa shape index (κ2) is 5.72. The van der Waals surface area contributed by atoms with Crippen LogP contribution >= 0.6 is 11.3 Å². The molecule has 3 heterocycles. The lowest BCUT2D eigenvalue weighted by atomic mass is 10.3. The lowest BCUT2D eigenvalue weighted by molar-refractivity contribution is 0.527. The number of hydrogen-bond acceptors (Lipinski definition) is 5. The summed E-state index contributed by atoms with van der Waals surface area (Å²) in [5.41, 5.74) is 3.63. The first-order chi connectivity index (χ1) is 9.75. The maximum absolute atomic E-state index is 4.59. The normalized spacial score (nSPS) is 11.5. The molecule has 106 valence electrons. The number of aryl methyl sites for hydroxylation is 3. The second-order valence-electron chi connectivity index (χ2n) is 4.84. The van der Waals surface area contributed by atoms with Crippen molar-refractivity contribution in [2.45, 2.75) is 33.4 Å². The molecule has 0 saturated carbocycles. The Balaban J connectivity index is 1.54. The molecule has 0 aromatic carbocycles. The minimum Gasteiger partial charge on any atom is -0.311 e. The highest BCUT2D eigenvalue weighted by Crippen LogP contribution is 2.20. The van der Waals surface area contributed by atoms with Gasteiger partial charge < -0.3 is 5.32 Å². The topological polar surface area (TPSA) is 60.0 Å². The fourth-order valence-corrected chi connectivity index (χ4v) is 3.23. The van der Waals surface area contributed by atoms with Crippen LogP contribution < -0.4 is 5.32 Å². The first-order valence-corrected chi connectivity index (χ1v) is 7.60. The minimum absolute atomic E-state index is 0.849. The summed E-state index contributed by atoms with van der Waals surface area (Å²) >= 11 is 1.70. The molecule has 3 aromatic heterocycles. The van der Waals surface area contributed by atoms with Crippen LogP contribution in [0.1, 0.15) is 23.5 Å². The van der Waals surface area contributed by atoms with Gasteiger partial charge in [-0.2, -0.15) is 0 Å². The van der Waals surface area contributed by atoms with Crippen LogP contribution in [0.15, 0.2) is 17.8 Å². The van der Waals surface area contributed by atoms with Gasteiger partial charge in [0.2, 0.25) is 0 Å². The zero-order chi connectivity index (χ0) is 13.9. The van der Waals surface area contributed by atoms with Crippen molar-refractivity contribution in [3.05, 3.63) is 34.9 Å². The van der Waals surface area contributed by atoms with Crippen molar-refractivity contribution < 1.29 is 0 Å². The molecular formula is C13H18N6S. The Morgan fingerprint density at radius 2 is 2.25 bits per heavy atom. The number of nitrogens with zero attached hydrogens (tertiary/aromatic N) is 5. The van der Waals surface area contributed by atoms with Gasteiger partial charge in [0.15, 0.2) is 4.96 Å². The van der Waals surface area contributed by atoms with E-state index in [1.165, 1.54) is 11.4 Å². The van der Waals surface area contributed by atoms with Gasteiger partial charge in [0.1, 0.15) is 0 Å². The van der Waals surface area contributed by atoms with E-state index in [0.717, 1.165) is 36.7 Å². The summed E-state index contributed by atoms with van der Waals surface area (Å²) < 4.78 is 4.09. The molecule has 20 heavy (non-hydrogen) atoms. The molecule has 0 saturated heterocycles. The van der Waals surface area contributed by atoms with E-state index in [-0.39, 0.29) is 0 Å². The van der Waals surface area contributed by atoms with Crippen LogP contribution in [0.5, 0.6) is 0 Å². The van der Waals surface area contributed by atoms with Crippen LogP contribution in [-0.2, 0) is 13.1 Å². The van der Waals surface area contributed by atoms with Gasteiger partial charge in [0.05, 0.1) is 17.6 Å². The Morgan fingerprint density at radius 1 is 1.35 bits per heavy atom. The Kier molecular flexibility index (Phi) is 3.79. The molecule has 0 bridgehead atoms. The largest absolute Gasteiger partial charge is 0.311 e. The van der Waals surface area contributed by atoms with Gasteiger partial charge in [-0.15, -0.1) is 16.4 Å². The van der Waals surface area contributed by atoms with E-state index in [1.807, 2.05) is 10.9 Å². The molecule has 0 aliphatic heterocycles. The molecule has 0 atom stereocenters. The number of nitrogens with one attached hydrogen (secondary N) is 1. The van der Waals surface area contributed by atoms with Gasteiger partial charge in [-0.3, -0.25) is 9.08 Å². The fourth-order valence-electron chi connectivity index (χ4n) is 2.30. The SMILES string of the molecule is Cc1nc2scc(C)n2c1CNCCCn1ccnn1. The van der Waals surface area contributed by atoms with Crippen LogP contribution in [0.2, 0.25) is 0 Å². The van der Waals surface area contributed by atoms with Gasteiger partial charge in [-0.05, 0) is 26.8 Å². The molecule has 3 rings (SSSR count). The van der Waals surface area contributed by atoms with Gasteiger partial charge in [-0.1, -0.05) is 5.21 Å². The molecular weight excluding hydrogens is 272 g/mol. The summed E-state index contributed by atoms with van der Waals surface area (Å²) in [4.78, 5) is 5.68. The molecule has 0 spiro atoms. The molecule has 0 unspecified atom stereocenters. The van der Waals surface area contributed by atoms with Gasteiger partial charge in [0.25, 0.3) is 0 Å². The zero-order valence-electron chi connectivity index (χ0n) is 11.7. The molecule has 0 amide bonds. The van der Waals surface area contributed by atoms with E-state index in [0.29, 0.717) is 0 Å². The van der Waals surface area contributed by atoms with Crippen molar-refractivity contribution in [2.75, 3.05) is 6.54 Å². The van der Waals surface area contributed by atoms with Crippen molar-refractivity contribution >= 4 is 16.3 Å². The number of rotatable bonds is 6. The third-order valence-corrected chi connectivity index (χ3v) is 4.28. The number of fused-ring (bicyclic) bond motifs is 1.